The van der Waals surface area contributed by atoms with E-state index in [9.17, 15) is 9.18 Å². The number of anilines is 2. The lowest BCUT2D eigenvalue weighted by molar-refractivity contribution is -0.116. The molecule has 0 saturated carbocycles. The second-order valence-corrected chi connectivity index (χ2v) is 4.63. The lowest BCUT2D eigenvalue weighted by Crippen LogP contribution is -2.12. The van der Waals surface area contributed by atoms with E-state index in [1.54, 1.807) is 31.4 Å². The minimum absolute atomic E-state index is 0.171. The van der Waals surface area contributed by atoms with E-state index in [4.69, 9.17) is 10.5 Å². The number of carbonyl (C=O) groups is 1. The van der Waals surface area contributed by atoms with Crippen LogP contribution in [0.5, 0.6) is 5.75 Å². The van der Waals surface area contributed by atoms with E-state index < -0.39 is 0 Å². The fourth-order valence-corrected chi connectivity index (χ4v) is 1.99. The van der Waals surface area contributed by atoms with Gasteiger partial charge in [-0.1, -0.05) is 12.1 Å². The molecule has 2 aromatic rings. The molecule has 0 atom stereocenters. The SMILES string of the molecule is COc1ccc(CCC(=O)Nc2cccc(F)c2)cc1N. The van der Waals surface area contributed by atoms with E-state index in [1.165, 1.54) is 12.1 Å². The van der Waals surface area contributed by atoms with E-state index in [-0.39, 0.29) is 11.7 Å². The number of nitrogens with two attached hydrogens (primary N) is 1. The highest BCUT2D eigenvalue weighted by Crippen LogP contribution is 2.22. The number of rotatable bonds is 5. The maximum absolute atomic E-state index is 13.0. The molecule has 0 heterocycles. The highest BCUT2D eigenvalue weighted by molar-refractivity contribution is 5.90. The minimum atomic E-state index is -0.379. The minimum Gasteiger partial charge on any atom is -0.495 e. The Bertz CT molecular complexity index is 644. The summed E-state index contributed by atoms with van der Waals surface area (Å²) in [6.45, 7) is 0. The van der Waals surface area contributed by atoms with Crippen molar-refractivity contribution in [2.45, 2.75) is 12.8 Å². The molecule has 0 bridgehead atoms. The molecule has 110 valence electrons. The van der Waals surface area contributed by atoms with Gasteiger partial charge in [0, 0.05) is 12.1 Å². The molecule has 0 fully saturated rings. The van der Waals surface area contributed by atoms with Crippen molar-refractivity contribution in [1.82, 2.24) is 0 Å². The molecular formula is C16H17FN2O2. The number of methoxy groups -OCH3 is 1. The van der Waals surface area contributed by atoms with Crippen LogP contribution < -0.4 is 15.8 Å². The van der Waals surface area contributed by atoms with E-state index in [2.05, 4.69) is 5.32 Å². The van der Waals surface area contributed by atoms with Gasteiger partial charge in [-0.05, 0) is 42.3 Å². The first-order chi connectivity index (χ1) is 10.1. The van der Waals surface area contributed by atoms with Gasteiger partial charge in [0.15, 0.2) is 0 Å². The van der Waals surface area contributed by atoms with Crippen LogP contribution in [-0.4, -0.2) is 13.0 Å². The molecule has 0 aromatic heterocycles. The molecule has 21 heavy (non-hydrogen) atoms. The Labute approximate surface area is 122 Å². The molecule has 3 N–H and O–H groups in total. The average Bonchev–Trinajstić information content (AvgIpc) is 2.45. The molecule has 2 aromatic carbocycles. The maximum atomic E-state index is 13.0. The number of nitrogens with one attached hydrogen (secondary N) is 1. The average molecular weight is 288 g/mol. The van der Waals surface area contributed by atoms with Gasteiger partial charge in [0.1, 0.15) is 11.6 Å². The molecule has 0 aliphatic heterocycles. The van der Waals surface area contributed by atoms with Crippen LogP contribution >= 0.6 is 0 Å². The van der Waals surface area contributed by atoms with Crippen LogP contribution in [-0.2, 0) is 11.2 Å². The van der Waals surface area contributed by atoms with Crippen molar-refractivity contribution in [3.63, 3.8) is 0 Å². The largest absolute Gasteiger partial charge is 0.495 e. The van der Waals surface area contributed by atoms with Gasteiger partial charge in [-0.25, -0.2) is 4.39 Å². The summed E-state index contributed by atoms with van der Waals surface area (Å²) in [6, 6.07) is 11.2. The third kappa shape index (κ3) is 4.21. The fraction of sp³-hybridized carbons (Fsp3) is 0.188. The van der Waals surface area contributed by atoms with E-state index >= 15 is 0 Å². The van der Waals surface area contributed by atoms with Crippen molar-refractivity contribution >= 4 is 17.3 Å². The molecule has 5 heteroatoms. The molecular weight excluding hydrogens is 271 g/mol. The quantitative estimate of drug-likeness (QED) is 0.831. The predicted molar refractivity (Wildman–Crippen MR) is 80.8 cm³/mol. The summed E-state index contributed by atoms with van der Waals surface area (Å²) >= 11 is 0. The van der Waals surface area contributed by atoms with Crippen molar-refractivity contribution in [2.75, 3.05) is 18.2 Å². The van der Waals surface area contributed by atoms with Gasteiger partial charge in [-0.3, -0.25) is 4.79 Å². The van der Waals surface area contributed by atoms with E-state index in [0.717, 1.165) is 5.56 Å². The lowest BCUT2D eigenvalue weighted by Gasteiger charge is -2.08. The Morgan fingerprint density at radius 1 is 1.29 bits per heavy atom. The first-order valence-corrected chi connectivity index (χ1v) is 6.56. The van der Waals surface area contributed by atoms with Gasteiger partial charge in [-0.2, -0.15) is 0 Å². The summed E-state index contributed by atoms with van der Waals surface area (Å²) in [5.74, 6) is 0.0636. The zero-order chi connectivity index (χ0) is 15.2. The number of benzene rings is 2. The highest BCUT2D eigenvalue weighted by Gasteiger charge is 2.06. The van der Waals surface area contributed by atoms with E-state index in [0.29, 0.717) is 30.0 Å². The third-order valence-electron chi connectivity index (χ3n) is 3.04. The maximum Gasteiger partial charge on any atom is 0.224 e. The molecule has 0 unspecified atom stereocenters. The zero-order valence-electron chi connectivity index (χ0n) is 11.7. The van der Waals surface area contributed by atoms with Crippen molar-refractivity contribution in [2.24, 2.45) is 0 Å². The van der Waals surface area contributed by atoms with Gasteiger partial charge < -0.3 is 15.8 Å². The standard InChI is InChI=1S/C16H17FN2O2/c1-21-15-7-5-11(9-14(15)18)6-8-16(20)19-13-4-2-3-12(17)10-13/h2-5,7,9-10H,6,8,18H2,1H3,(H,19,20). The van der Waals surface area contributed by atoms with Crippen molar-refractivity contribution in [1.29, 1.82) is 0 Å². The number of amides is 1. The predicted octanol–water partition coefficient (Wildman–Crippen LogP) is 2.99. The number of ether oxygens (including phenoxy) is 1. The Balaban J connectivity index is 1.90. The number of aryl methyl sites for hydroxylation is 1. The van der Waals surface area contributed by atoms with Crippen LogP contribution in [0.3, 0.4) is 0 Å². The summed E-state index contributed by atoms with van der Waals surface area (Å²) in [6.07, 6.45) is 0.845. The first-order valence-electron chi connectivity index (χ1n) is 6.56. The van der Waals surface area contributed by atoms with Gasteiger partial charge in [0.25, 0.3) is 0 Å². The van der Waals surface area contributed by atoms with Gasteiger partial charge in [-0.15, -0.1) is 0 Å². The second-order valence-electron chi connectivity index (χ2n) is 4.63. The van der Waals surface area contributed by atoms with Crippen LogP contribution in [0.4, 0.5) is 15.8 Å². The van der Waals surface area contributed by atoms with Crippen LogP contribution in [0.2, 0.25) is 0 Å². The Hall–Kier alpha value is -2.56. The number of halogens is 1. The summed E-state index contributed by atoms with van der Waals surface area (Å²) in [5, 5.41) is 2.66. The first kappa shape index (κ1) is 14.8. The summed E-state index contributed by atoms with van der Waals surface area (Å²) in [5.41, 5.74) is 7.75. The van der Waals surface area contributed by atoms with Crippen molar-refractivity contribution < 1.29 is 13.9 Å². The summed E-state index contributed by atoms with van der Waals surface area (Å²) < 4.78 is 18.1. The Morgan fingerprint density at radius 2 is 2.10 bits per heavy atom. The second kappa shape index (κ2) is 6.74. The van der Waals surface area contributed by atoms with Gasteiger partial charge >= 0.3 is 0 Å². The lowest BCUT2D eigenvalue weighted by atomic mass is 10.1. The van der Waals surface area contributed by atoms with Crippen molar-refractivity contribution in [3.05, 3.63) is 53.8 Å². The number of hydrogen-bond donors (Lipinski definition) is 2. The van der Waals surface area contributed by atoms with Crippen molar-refractivity contribution in [3.8, 4) is 5.75 Å². The summed E-state index contributed by atoms with van der Waals surface area (Å²) in [4.78, 5) is 11.8. The van der Waals surface area contributed by atoms with Crippen LogP contribution in [0, 0.1) is 5.82 Å². The van der Waals surface area contributed by atoms with Crippen LogP contribution in [0.15, 0.2) is 42.5 Å². The Kier molecular flexibility index (Phi) is 4.77. The summed E-state index contributed by atoms with van der Waals surface area (Å²) in [7, 11) is 1.55. The molecule has 0 saturated heterocycles. The fourth-order valence-electron chi connectivity index (χ4n) is 1.99. The zero-order valence-corrected chi connectivity index (χ0v) is 11.7. The molecule has 0 radical (unpaired) electrons. The Morgan fingerprint density at radius 3 is 2.76 bits per heavy atom. The molecule has 2 rings (SSSR count). The monoisotopic (exact) mass is 288 g/mol. The highest BCUT2D eigenvalue weighted by atomic mass is 19.1. The van der Waals surface area contributed by atoms with Gasteiger partial charge in [0.05, 0.1) is 12.8 Å². The molecule has 0 aliphatic rings. The topological polar surface area (TPSA) is 64.3 Å². The van der Waals surface area contributed by atoms with Crippen LogP contribution in [0.1, 0.15) is 12.0 Å². The number of nitrogen functional groups attached to an aromatic ring is 1. The third-order valence-corrected chi connectivity index (χ3v) is 3.04. The molecule has 0 aliphatic carbocycles. The van der Waals surface area contributed by atoms with E-state index in [1.807, 2.05) is 6.07 Å². The molecule has 1 amide bonds. The number of hydrogen-bond acceptors (Lipinski definition) is 3. The normalized spacial score (nSPS) is 10.2. The molecule has 0 spiro atoms. The van der Waals surface area contributed by atoms with Crippen LogP contribution in [0.25, 0.3) is 0 Å². The van der Waals surface area contributed by atoms with Gasteiger partial charge in [0.2, 0.25) is 5.91 Å². The smallest absolute Gasteiger partial charge is 0.224 e. The molecule has 4 nitrogen and oxygen atoms in total. The number of carbonyl (C=O) groups excluding carboxylic acids is 1.